The van der Waals surface area contributed by atoms with Crippen molar-refractivity contribution in [3.05, 3.63) is 23.8 Å². The number of rotatable bonds is 6. The van der Waals surface area contributed by atoms with Crippen LogP contribution in [0.5, 0.6) is 11.5 Å². The van der Waals surface area contributed by atoms with Gasteiger partial charge in [-0.15, -0.1) is 0 Å². The highest BCUT2D eigenvalue weighted by Crippen LogP contribution is 2.24. The molecular weight excluding hydrogens is 218 g/mol. The Morgan fingerprint density at radius 2 is 1.88 bits per heavy atom. The third-order valence-electron chi connectivity index (χ3n) is 2.22. The maximum absolute atomic E-state index is 5.85. The van der Waals surface area contributed by atoms with Crippen molar-refractivity contribution in [2.75, 3.05) is 20.8 Å². The molecule has 1 aromatic carbocycles. The van der Waals surface area contributed by atoms with Crippen LogP contribution in [0.2, 0.25) is 0 Å². The molecule has 0 fully saturated rings. The first-order chi connectivity index (χ1) is 7.96. The molecule has 0 atom stereocenters. The van der Waals surface area contributed by atoms with Gasteiger partial charge >= 0.3 is 0 Å². The van der Waals surface area contributed by atoms with Crippen LogP contribution in [0.3, 0.4) is 0 Å². The Kier molecular flexibility index (Phi) is 4.78. The van der Waals surface area contributed by atoms with Crippen molar-refractivity contribution in [3.8, 4) is 11.5 Å². The van der Waals surface area contributed by atoms with E-state index in [-0.39, 0.29) is 5.54 Å². The molecule has 0 radical (unpaired) electrons. The first-order valence-corrected chi connectivity index (χ1v) is 5.54. The lowest BCUT2D eigenvalue weighted by Gasteiger charge is -2.19. The van der Waals surface area contributed by atoms with Crippen LogP contribution < -0.4 is 15.2 Å². The monoisotopic (exact) mass is 239 g/mol. The third kappa shape index (κ3) is 4.63. The van der Waals surface area contributed by atoms with Crippen molar-refractivity contribution >= 4 is 0 Å². The highest BCUT2D eigenvalue weighted by Gasteiger charge is 2.12. The van der Waals surface area contributed by atoms with Gasteiger partial charge in [-0.3, -0.25) is 0 Å². The minimum Gasteiger partial charge on any atom is -0.497 e. The van der Waals surface area contributed by atoms with E-state index in [0.717, 1.165) is 17.1 Å². The van der Waals surface area contributed by atoms with Crippen LogP contribution in [-0.2, 0) is 11.3 Å². The van der Waals surface area contributed by atoms with Crippen molar-refractivity contribution in [2.24, 2.45) is 5.73 Å². The van der Waals surface area contributed by atoms with Gasteiger partial charge in [0.1, 0.15) is 11.5 Å². The average molecular weight is 239 g/mol. The number of benzene rings is 1. The van der Waals surface area contributed by atoms with Crippen LogP contribution in [0, 0.1) is 0 Å². The fraction of sp³-hybridized carbons (Fsp3) is 0.538. The highest BCUT2D eigenvalue weighted by atomic mass is 16.5. The zero-order valence-electron chi connectivity index (χ0n) is 10.9. The number of nitrogens with two attached hydrogens (primary N) is 1. The van der Waals surface area contributed by atoms with Crippen molar-refractivity contribution in [1.29, 1.82) is 0 Å². The molecule has 0 heterocycles. The summed E-state index contributed by atoms with van der Waals surface area (Å²) in [7, 11) is 3.27. The summed E-state index contributed by atoms with van der Waals surface area (Å²) in [6.07, 6.45) is 0. The molecule has 0 saturated heterocycles. The third-order valence-corrected chi connectivity index (χ3v) is 2.22. The second-order valence-corrected chi connectivity index (χ2v) is 4.66. The molecule has 1 rings (SSSR count). The summed E-state index contributed by atoms with van der Waals surface area (Å²) >= 11 is 0. The fourth-order valence-electron chi connectivity index (χ4n) is 1.42. The molecule has 4 heteroatoms. The predicted octanol–water partition coefficient (Wildman–Crippen LogP) is 1.96. The van der Waals surface area contributed by atoms with E-state index in [1.807, 2.05) is 32.0 Å². The summed E-state index contributed by atoms with van der Waals surface area (Å²) in [4.78, 5) is 0. The Balaban J connectivity index is 2.68. The SMILES string of the molecule is COc1ccc(OC)c(COCC(C)(C)N)c1. The molecule has 0 spiro atoms. The Labute approximate surface area is 103 Å². The first-order valence-electron chi connectivity index (χ1n) is 5.54. The predicted molar refractivity (Wildman–Crippen MR) is 67.5 cm³/mol. The highest BCUT2D eigenvalue weighted by molar-refractivity contribution is 5.39. The van der Waals surface area contributed by atoms with Gasteiger partial charge in [0, 0.05) is 11.1 Å². The average Bonchev–Trinajstić information content (AvgIpc) is 2.27. The second-order valence-electron chi connectivity index (χ2n) is 4.66. The molecule has 0 bridgehead atoms. The zero-order chi connectivity index (χ0) is 12.9. The van der Waals surface area contributed by atoms with Gasteiger partial charge in [0.25, 0.3) is 0 Å². The minimum absolute atomic E-state index is 0.327. The number of methoxy groups -OCH3 is 2. The molecule has 0 amide bonds. The van der Waals surface area contributed by atoms with Gasteiger partial charge in [-0.05, 0) is 32.0 Å². The van der Waals surface area contributed by atoms with Crippen molar-refractivity contribution in [3.63, 3.8) is 0 Å². The lowest BCUT2D eigenvalue weighted by Crippen LogP contribution is -2.37. The van der Waals surface area contributed by atoms with E-state index in [9.17, 15) is 0 Å². The van der Waals surface area contributed by atoms with Gasteiger partial charge in [-0.25, -0.2) is 0 Å². The molecule has 17 heavy (non-hydrogen) atoms. The van der Waals surface area contributed by atoms with Crippen molar-refractivity contribution in [1.82, 2.24) is 0 Å². The Morgan fingerprint density at radius 3 is 2.41 bits per heavy atom. The van der Waals surface area contributed by atoms with Crippen molar-refractivity contribution < 1.29 is 14.2 Å². The van der Waals surface area contributed by atoms with Gasteiger partial charge < -0.3 is 19.9 Å². The molecule has 1 aromatic rings. The lowest BCUT2D eigenvalue weighted by molar-refractivity contribution is 0.0836. The molecule has 0 aromatic heterocycles. The summed E-state index contributed by atoms with van der Waals surface area (Å²) < 4.78 is 16.0. The quantitative estimate of drug-likeness (QED) is 0.824. The van der Waals surface area contributed by atoms with Gasteiger partial charge in [0.05, 0.1) is 27.4 Å². The molecule has 0 unspecified atom stereocenters. The molecule has 2 N–H and O–H groups in total. The van der Waals surface area contributed by atoms with E-state index < -0.39 is 0 Å². The van der Waals surface area contributed by atoms with Crippen LogP contribution in [0.1, 0.15) is 19.4 Å². The van der Waals surface area contributed by atoms with Crippen LogP contribution in [-0.4, -0.2) is 26.4 Å². The summed E-state index contributed by atoms with van der Waals surface area (Å²) in [6.45, 7) is 4.81. The van der Waals surface area contributed by atoms with Gasteiger partial charge in [-0.1, -0.05) is 0 Å². The van der Waals surface area contributed by atoms with E-state index >= 15 is 0 Å². The van der Waals surface area contributed by atoms with Gasteiger partial charge in [0.15, 0.2) is 0 Å². The summed E-state index contributed by atoms with van der Waals surface area (Å²) in [5.74, 6) is 1.58. The van der Waals surface area contributed by atoms with E-state index in [1.165, 1.54) is 0 Å². The molecule has 4 nitrogen and oxygen atoms in total. The molecule has 0 aliphatic heterocycles. The molecule has 0 saturated carbocycles. The minimum atomic E-state index is -0.327. The van der Waals surface area contributed by atoms with E-state index in [1.54, 1.807) is 14.2 Å². The Morgan fingerprint density at radius 1 is 1.18 bits per heavy atom. The normalized spacial score (nSPS) is 11.4. The first kappa shape index (κ1) is 13.8. The molecule has 0 aliphatic carbocycles. The summed E-state index contributed by atoms with van der Waals surface area (Å²) in [6, 6.07) is 5.63. The van der Waals surface area contributed by atoms with Crippen LogP contribution in [0.15, 0.2) is 18.2 Å². The molecular formula is C13H21NO3. The smallest absolute Gasteiger partial charge is 0.124 e. The number of hydrogen-bond acceptors (Lipinski definition) is 4. The van der Waals surface area contributed by atoms with E-state index in [0.29, 0.717) is 13.2 Å². The second kappa shape index (κ2) is 5.89. The van der Waals surface area contributed by atoms with E-state index in [4.69, 9.17) is 19.9 Å². The Bertz CT molecular complexity index is 358. The standard InChI is InChI=1S/C13H21NO3/c1-13(2,14)9-17-8-10-7-11(15-3)5-6-12(10)16-4/h5-7H,8-9,14H2,1-4H3. The van der Waals surface area contributed by atoms with E-state index in [2.05, 4.69) is 0 Å². The number of ether oxygens (including phenoxy) is 3. The molecule has 96 valence electrons. The topological polar surface area (TPSA) is 53.7 Å². The zero-order valence-corrected chi connectivity index (χ0v) is 10.9. The van der Waals surface area contributed by atoms with Crippen LogP contribution in [0.4, 0.5) is 0 Å². The van der Waals surface area contributed by atoms with Gasteiger partial charge in [0.2, 0.25) is 0 Å². The maximum atomic E-state index is 5.85. The summed E-state index contributed by atoms with van der Waals surface area (Å²) in [5.41, 5.74) is 6.47. The van der Waals surface area contributed by atoms with Crippen LogP contribution in [0.25, 0.3) is 0 Å². The Hall–Kier alpha value is -1.26. The maximum Gasteiger partial charge on any atom is 0.124 e. The van der Waals surface area contributed by atoms with Gasteiger partial charge in [-0.2, -0.15) is 0 Å². The summed E-state index contributed by atoms with van der Waals surface area (Å²) in [5, 5.41) is 0. The largest absolute Gasteiger partial charge is 0.497 e. The number of hydrogen-bond donors (Lipinski definition) is 1. The van der Waals surface area contributed by atoms with Crippen molar-refractivity contribution in [2.45, 2.75) is 26.0 Å². The molecule has 0 aliphatic rings. The van der Waals surface area contributed by atoms with Crippen LogP contribution >= 0.6 is 0 Å². The fourth-order valence-corrected chi connectivity index (χ4v) is 1.42. The lowest BCUT2D eigenvalue weighted by atomic mass is 10.1.